The fraction of sp³-hybridized carbons (Fsp3) is 0.273. The number of anilines is 1. The maximum Gasteiger partial charge on any atom is 0.272 e. The van der Waals surface area contributed by atoms with Gasteiger partial charge in [0.1, 0.15) is 6.54 Å². The molecule has 1 rings (SSSR count). The van der Waals surface area contributed by atoms with Gasteiger partial charge in [-0.2, -0.15) is 0 Å². The summed E-state index contributed by atoms with van der Waals surface area (Å²) >= 11 is 5.04. The highest BCUT2D eigenvalue weighted by atomic mass is 32.1. The van der Waals surface area contributed by atoms with Crippen molar-refractivity contribution in [2.24, 2.45) is 0 Å². The average molecular weight is 237 g/mol. The number of aromatic nitrogens is 1. The number of H-pyrrole nitrogens is 1. The zero-order chi connectivity index (χ0) is 11.6. The third kappa shape index (κ3) is 5.31. The minimum absolute atomic E-state index is 0.652. The Labute approximate surface area is 101 Å². The Balaban J connectivity index is 2.08. The molecule has 0 unspecified atom stereocenters. The van der Waals surface area contributed by atoms with Crippen molar-refractivity contribution < 1.29 is 4.98 Å². The Morgan fingerprint density at radius 3 is 2.94 bits per heavy atom. The van der Waals surface area contributed by atoms with E-state index in [9.17, 15) is 0 Å². The van der Waals surface area contributed by atoms with E-state index in [1.165, 1.54) is 0 Å². The molecule has 0 aliphatic rings. The second-order valence-corrected chi connectivity index (χ2v) is 3.54. The summed E-state index contributed by atoms with van der Waals surface area (Å²) in [5.41, 5.74) is 0. The monoisotopic (exact) mass is 237 g/mol. The molecule has 86 valence electrons. The highest BCUT2D eigenvalue weighted by Gasteiger charge is 1.98. The van der Waals surface area contributed by atoms with Crippen molar-refractivity contribution in [3.8, 4) is 0 Å². The molecule has 0 radical (unpaired) electrons. The predicted octanol–water partition coefficient (Wildman–Crippen LogP) is 0.563. The standard InChI is InChI=1S/C11H16N4S/c1-2-6-14-11(16)15-9-8-13-10-5-3-4-7-12-10/h2-5,7H,1,6,8-9H2,(H,12,13)(H2,14,15,16)/p+1. The summed E-state index contributed by atoms with van der Waals surface area (Å²) in [6.45, 7) is 5.86. The van der Waals surface area contributed by atoms with E-state index in [0.29, 0.717) is 11.7 Å². The first kappa shape index (κ1) is 12.4. The molecule has 0 spiro atoms. The molecule has 0 aliphatic carbocycles. The van der Waals surface area contributed by atoms with Crippen molar-refractivity contribution in [1.82, 2.24) is 10.6 Å². The number of aromatic amines is 1. The Morgan fingerprint density at radius 1 is 1.38 bits per heavy atom. The summed E-state index contributed by atoms with van der Waals surface area (Å²) < 4.78 is 0. The molecule has 0 atom stereocenters. The van der Waals surface area contributed by atoms with Gasteiger partial charge in [0, 0.05) is 12.6 Å². The molecule has 1 heterocycles. The SMILES string of the molecule is C=CCNC(=S)NCCNc1cccc[nH+]1. The molecule has 0 aliphatic heterocycles. The predicted molar refractivity (Wildman–Crippen MR) is 70.3 cm³/mol. The van der Waals surface area contributed by atoms with Gasteiger partial charge in [0.05, 0.1) is 12.7 Å². The van der Waals surface area contributed by atoms with E-state index < -0.39 is 0 Å². The Bertz CT molecular complexity index is 326. The lowest BCUT2D eigenvalue weighted by Crippen LogP contribution is -2.38. The van der Waals surface area contributed by atoms with Crippen LogP contribution in [0.3, 0.4) is 0 Å². The molecule has 16 heavy (non-hydrogen) atoms. The Hall–Kier alpha value is -1.62. The highest BCUT2D eigenvalue weighted by molar-refractivity contribution is 7.80. The van der Waals surface area contributed by atoms with E-state index in [1.54, 1.807) is 6.08 Å². The number of hydrogen-bond acceptors (Lipinski definition) is 2. The van der Waals surface area contributed by atoms with Gasteiger partial charge in [0.25, 0.3) is 5.82 Å². The van der Waals surface area contributed by atoms with Crippen molar-refractivity contribution in [3.05, 3.63) is 37.1 Å². The van der Waals surface area contributed by atoms with Crippen LogP contribution in [-0.2, 0) is 0 Å². The molecule has 0 bridgehead atoms. The van der Waals surface area contributed by atoms with Crippen LogP contribution in [0.5, 0.6) is 0 Å². The number of rotatable bonds is 6. The van der Waals surface area contributed by atoms with Crippen molar-refractivity contribution in [3.63, 3.8) is 0 Å². The number of hydrogen-bond donors (Lipinski definition) is 3. The minimum Gasteiger partial charge on any atom is -0.359 e. The zero-order valence-corrected chi connectivity index (χ0v) is 9.94. The maximum absolute atomic E-state index is 5.04. The van der Waals surface area contributed by atoms with Crippen LogP contribution in [-0.4, -0.2) is 24.7 Å². The van der Waals surface area contributed by atoms with Crippen LogP contribution in [0.1, 0.15) is 0 Å². The molecule has 0 aromatic carbocycles. The zero-order valence-electron chi connectivity index (χ0n) is 9.12. The largest absolute Gasteiger partial charge is 0.359 e. The smallest absolute Gasteiger partial charge is 0.272 e. The van der Waals surface area contributed by atoms with Gasteiger partial charge in [-0.05, 0) is 18.3 Å². The molecule has 0 amide bonds. The third-order valence-corrected chi connectivity index (χ3v) is 2.13. The van der Waals surface area contributed by atoms with E-state index in [4.69, 9.17) is 12.2 Å². The first-order valence-corrected chi connectivity index (χ1v) is 5.57. The van der Waals surface area contributed by atoms with Gasteiger partial charge in [-0.15, -0.1) is 6.58 Å². The summed E-state index contributed by atoms with van der Waals surface area (Å²) in [5.74, 6) is 0.995. The molecular formula is C11H17N4S+. The average Bonchev–Trinajstić information content (AvgIpc) is 2.33. The lowest BCUT2D eigenvalue weighted by Gasteiger charge is -2.07. The normalized spacial score (nSPS) is 9.25. The van der Waals surface area contributed by atoms with E-state index >= 15 is 0 Å². The van der Waals surface area contributed by atoms with Crippen LogP contribution in [0.2, 0.25) is 0 Å². The van der Waals surface area contributed by atoms with Gasteiger partial charge in [-0.1, -0.05) is 12.1 Å². The third-order valence-electron chi connectivity index (χ3n) is 1.84. The van der Waals surface area contributed by atoms with Crippen LogP contribution in [0.4, 0.5) is 5.82 Å². The molecule has 4 nitrogen and oxygen atoms in total. The topological polar surface area (TPSA) is 50.2 Å². The van der Waals surface area contributed by atoms with Crippen molar-refractivity contribution >= 4 is 23.1 Å². The number of pyridine rings is 1. The molecule has 1 aromatic rings. The molecule has 1 aromatic heterocycles. The van der Waals surface area contributed by atoms with Crippen LogP contribution < -0.4 is 20.9 Å². The van der Waals surface area contributed by atoms with Gasteiger partial charge in [0.15, 0.2) is 5.11 Å². The van der Waals surface area contributed by atoms with Crippen LogP contribution in [0.15, 0.2) is 37.1 Å². The summed E-state index contributed by atoms with van der Waals surface area (Å²) in [5, 5.41) is 9.96. The fourth-order valence-corrected chi connectivity index (χ4v) is 1.29. The van der Waals surface area contributed by atoms with Gasteiger partial charge in [0.2, 0.25) is 0 Å². The summed E-state index contributed by atoms with van der Waals surface area (Å²) in [6.07, 6.45) is 3.65. The highest BCUT2D eigenvalue weighted by Crippen LogP contribution is 1.92. The van der Waals surface area contributed by atoms with Gasteiger partial charge < -0.3 is 10.6 Å². The summed E-state index contributed by atoms with van der Waals surface area (Å²) in [6, 6.07) is 5.90. The Kier molecular flexibility index (Phi) is 5.95. The minimum atomic E-state index is 0.652. The maximum atomic E-state index is 5.04. The second kappa shape index (κ2) is 7.64. The molecule has 0 saturated heterocycles. The molecular weight excluding hydrogens is 220 g/mol. The molecule has 0 fully saturated rings. The molecule has 0 saturated carbocycles. The van der Waals surface area contributed by atoms with E-state index in [2.05, 4.69) is 27.5 Å². The summed E-state index contributed by atoms with van der Waals surface area (Å²) in [7, 11) is 0. The van der Waals surface area contributed by atoms with E-state index in [0.717, 1.165) is 18.9 Å². The summed E-state index contributed by atoms with van der Waals surface area (Å²) in [4.78, 5) is 3.09. The van der Waals surface area contributed by atoms with Crippen molar-refractivity contribution in [1.29, 1.82) is 0 Å². The number of nitrogens with one attached hydrogen (secondary N) is 4. The van der Waals surface area contributed by atoms with Crippen molar-refractivity contribution in [2.45, 2.75) is 0 Å². The fourth-order valence-electron chi connectivity index (χ4n) is 1.10. The Morgan fingerprint density at radius 2 is 2.25 bits per heavy atom. The van der Waals surface area contributed by atoms with Crippen LogP contribution in [0.25, 0.3) is 0 Å². The van der Waals surface area contributed by atoms with Gasteiger partial charge in [-0.3, -0.25) is 5.32 Å². The number of thiocarbonyl (C=S) groups is 1. The van der Waals surface area contributed by atoms with E-state index in [-0.39, 0.29) is 0 Å². The molecule has 4 N–H and O–H groups in total. The first-order valence-electron chi connectivity index (χ1n) is 5.16. The van der Waals surface area contributed by atoms with Crippen LogP contribution >= 0.6 is 12.2 Å². The quantitative estimate of drug-likeness (QED) is 0.384. The second-order valence-electron chi connectivity index (χ2n) is 3.13. The van der Waals surface area contributed by atoms with Crippen molar-refractivity contribution in [2.75, 3.05) is 25.0 Å². The lowest BCUT2D eigenvalue weighted by molar-refractivity contribution is -0.361. The van der Waals surface area contributed by atoms with E-state index in [1.807, 2.05) is 24.4 Å². The molecule has 5 heteroatoms. The first-order chi connectivity index (χ1) is 7.83. The van der Waals surface area contributed by atoms with Gasteiger partial charge >= 0.3 is 0 Å². The lowest BCUT2D eigenvalue weighted by atomic mass is 10.4. The van der Waals surface area contributed by atoms with Gasteiger partial charge in [-0.25, -0.2) is 4.98 Å². The van der Waals surface area contributed by atoms with Crippen LogP contribution in [0, 0.1) is 0 Å².